The average Bonchev–Trinajstić information content (AvgIpc) is 2.37. The quantitative estimate of drug-likeness (QED) is 0.834. The van der Waals surface area contributed by atoms with E-state index in [1.165, 1.54) is 4.57 Å². The molecule has 0 atom stereocenters. The first kappa shape index (κ1) is 14.8. The number of anilines is 2. The van der Waals surface area contributed by atoms with E-state index in [0.717, 1.165) is 5.56 Å². The maximum absolute atomic E-state index is 12.1. The van der Waals surface area contributed by atoms with Gasteiger partial charge in [-0.15, -0.1) is 0 Å². The van der Waals surface area contributed by atoms with Crippen LogP contribution in [0.3, 0.4) is 0 Å². The number of benzene rings is 1. The number of rotatable bonds is 3. The second-order valence-corrected chi connectivity index (χ2v) is 5.03. The van der Waals surface area contributed by atoms with Gasteiger partial charge < -0.3 is 11.1 Å². The van der Waals surface area contributed by atoms with Crippen molar-refractivity contribution in [2.75, 3.05) is 11.1 Å². The van der Waals surface area contributed by atoms with Crippen LogP contribution in [-0.2, 0) is 11.3 Å². The summed E-state index contributed by atoms with van der Waals surface area (Å²) in [6.45, 7) is 5.31. The molecule has 2 aromatic rings. The van der Waals surface area contributed by atoms with Crippen molar-refractivity contribution < 1.29 is 4.79 Å². The van der Waals surface area contributed by atoms with E-state index in [2.05, 4.69) is 10.3 Å². The third-order valence-electron chi connectivity index (χ3n) is 3.17. The Morgan fingerprint density at radius 1 is 1.29 bits per heavy atom. The molecule has 0 fully saturated rings. The number of carbonyl (C=O) groups excluding carboxylic acids is 1. The number of nitrogens with zero attached hydrogens (tertiary/aromatic N) is 2. The molecular formula is C15H18N4O2. The molecule has 1 aromatic carbocycles. The molecule has 1 heterocycles. The van der Waals surface area contributed by atoms with Gasteiger partial charge in [-0.3, -0.25) is 9.36 Å². The molecule has 6 nitrogen and oxygen atoms in total. The lowest BCUT2D eigenvalue weighted by Gasteiger charge is -2.12. The molecule has 0 aliphatic heterocycles. The number of aromatic nitrogens is 2. The van der Waals surface area contributed by atoms with Crippen molar-refractivity contribution in [3.8, 4) is 0 Å². The fourth-order valence-electron chi connectivity index (χ4n) is 2.13. The van der Waals surface area contributed by atoms with E-state index < -0.39 is 5.69 Å². The number of nitrogens with one attached hydrogen (secondary N) is 1. The van der Waals surface area contributed by atoms with Crippen molar-refractivity contribution in [3.63, 3.8) is 0 Å². The highest BCUT2D eigenvalue weighted by molar-refractivity contribution is 5.91. The monoisotopic (exact) mass is 286 g/mol. The Hall–Kier alpha value is -2.63. The zero-order chi connectivity index (χ0) is 15.6. The lowest BCUT2D eigenvalue weighted by molar-refractivity contribution is -0.116. The SMILES string of the molecule is Cc1cc(C)n(CC(=O)Nc2ccc(N)cc2C)c(=O)n1. The van der Waals surface area contributed by atoms with Gasteiger partial charge in [0.05, 0.1) is 0 Å². The number of amides is 1. The molecular weight excluding hydrogens is 268 g/mol. The van der Waals surface area contributed by atoms with Gasteiger partial charge in [0.2, 0.25) is 5.91 Å². The maximum atomic E-state index is 12.1. The van der Waals surface area contributed by atoms with Crippen molar-refractivity contribution in [2.45, 2.75) is 27.3 Å². The maximum Gasteiger partial charge on any atom is 0.348 e. The summed E-state index contributed by atoms with van der Waals surface area (Å²) in [6, 6.07) is 7.00. The Morgan fingerprint density at radius 3 is 2.62 bits per heavy atom. The number of aryl methyl sites for hydroxylation is 3. The summed E-state index contributed by atoms with van der Waals surface area (Å²) in [5, 5.41) is 2.77. The van der Waals surface area contributed by atoms with Crippen molar-refractivity contribution in [1.82, 2.24) is 9.55 Å². The lowest BCUT2D eigenvalue weighted by Crippen LogP contribution is -2.31. The van der Waals surface area contributed by atoms with Crippen molar-refractivity contribution in [3.05, 3.63) is 51.7 Å². The molecule has 1 amide bonds. The summed E-state index contributed by atoms with van der Waals surface area (Å²) in [4.78, 5) is 27.7. The number of hydrogen-bond acceptors (Lipinski definition) is 4. The number of nitrogens with two attached hydrogens (primary N) is 1. The van der Waals surface area contributed by atoms with Crippen LogP contribution in [0.2, 0.25) is 0 Å². The van der Waals surface area contributed by atoms with E-state index >= 15 is 0 Å². The highest BCUT2D eigenvalue weighted by Gasteiger charge is 2.10. The lowest BCUT2D eigenvalue weighted by atomic mass is 10.2. The zero-order valence-electron chi connectivity index (χ0n) is 12.3. The van der Waals surface area contributed by atoms with E-state index in [-0.39, 0.29) is 12.5 Å². The van der Waals surface area contributed by atoms with Crippen molar-refractivity contribution in [1.29, 1.82) is 0 Å². The molecule has 0 bridgehead atoms. The minimum absolute atomic E-state index is 0.0677. The second-order valence-electron chi connectivity index (χ2n) is 5.03. The molecule has 21 heavy (non-hydrogen) atoms. The molecule has 110 valence electrons. The number of hydrogen-bond donors (Lipinski definition) is 2. The van der Waals surface area contributed by atoms with Crippen LogP contribution in [0.25, 0.3) is 0 Å². The molecule has 0 unspecified atom stereocenters. The average molecular weight is 286 g/mol. The van der Waals surface area contributed by atoms with E-state index in [1.807, 2.05) is 6.92 Å². The Labute approximate surface area is 122 Å². The summed E-state index contributed by atoms with van der Waals surface area (Å²) < 4.78 is 1.34. The molecule has 1 aromatic heterocycles. The van der Waals surface area contributed by atoms with Gasteiger partial charge >= 0.3 is 5.69 Å². The smallest absolute Gasteiger partial charge is 0.348 e. The molecule has 0 aliphatic rings. The van der Waals surface area contributed by atoms with E-state index in [4.69, 9.17) is 5.73 Å². The van der Waals surface area contributed by atoms with Gasteiger partial charge in [-0.25, -0.2) is 4.79 Å². The van der Waals surface area contributed by atoms with Crippen LogP contribution in [0.4, 0.5) is 11.4 Å². The van der Waals surface area contributed by atoms with Crippen LogP contribution in [0.1, 0.15) is 17.0 Å². The standard InChI is InChI=1S/C15H18N4O2/c1-9-6-12(16)4-5-13(9)18-14(20)8-19-11(3)7-10(2)17-15(19)21/h4-7H,8,16H2,1-3H3,(H,18,20). The minimum atomic E-state index is -0.420. The second kappa shape index (κ2) is 5.78. The fourth-order valence-corrected chi connectivity index (χ4v) is 2.13. The first-order chi connectivity index (χ1) is 9.86. The van der Waals surface area contributed by atoms with Crippen LogP contribution in [0.5, 0.6) is 0 Å². The summed E-state index contributed by atoms with van der Waals surface area (Å²) in [6.07, 6.45) is 0. The Bertz CT molecular complexity index is 750. The molecule has 0 aliphatic carbocycles. The van der Waals surface area contributed by atoms with Gasteiger partial charge in [0.1, 0.15) is 6.54 Å². The van der Waals surface area contributed by atoms with Gasteiger partial charge in [-0.1, -0.05) is 0 Å². The Morgan fingerprint density at radius 2 is 2.00 bits per heavy atom. The van der Waals surface area contributed by atoms with E-state index in [1.54, 1.807) is 38.1 Å². The summed E-state index contributed by atoms with van der Waals surface area (Å²) in [5.74, 6) is -0.279. The van der Waals surface area contributed by atoms with Gasteiger partial charge in [0.25, 0.3) is 0 Å². The van der Waals surface area contributed by atoms with Crippen molar-refractivity contribution in [2.24, 2.45) is 0 Å². The summed E-state index contributed by atoms with van der Waals surface area (Å²) >= 11 is 0. The van der Waals surface area contributed by atoms with Crippen LogP contribution in [0, 0.1) is 20.8 Å². The molecule has 0 saturated heterocycles. The van der Waals surface area contributed by atoms with Crippen LogP contribution < -0.4 is 16.7 Å². The third kappa shape index (κ3) is 3.47. The number of carbonyl (C=O) groups is 1. The zero-order valence-corrected chi connectivity index (χ0v) is 12.3. The first-order valence-electron chi connectivity index (χ1n) is 6.58. The number of nitrogen functional groups attached to an aromatic ring is 1. The van der Waals surface area contributed by atoms with Crippen LogP contribution in [0.15, 0.2) is 29.1 Å². The molecule has 2 rings (SSSR count). The third-order valence-corrected chi connectivity index (χ3v) is 3.17. The van der Waals surface area contributed by atoms with Crippen LogP contribution >= 0.6 is 0 Å². The van der Waals surface area contributed by atoms with Gasteiger partial charge in [-0.2, -0.15) is 4.98 Å². The Kier molecular flexibility index (Phi) is 4.07. The minimum Gasteiger partial charge on any atom is -0.399 e. The molecule has 3 N–H and O–H groups in total. The van der Waals surface area contributed by atoms with E-state index in [9.17, 15) is 9.59 Å². The molecule has 0 spiro atoms. The van der Waals surface area contributed by atoms with Gasteiger partial charge in [0.15, 0.2) is 0 Å². The highest BCUT2D eigenvalue weighted by atomic mass is 16.2. The predicted octanol–water partition coefficient (Wildman–Crippen LogP) is 1.39. The van der Waals surface area contributed by atoms with Crippen molar-refractivity contribution >= 4 is 17.3 Å². The molecule has 0 radical (unpaired) electrons. The largest absolute Gasteiger partial charge is 0.399 e. The normalized spacial score (nSPS) is 10.4. The van der Waals surface area contributed by atoms with E-state index in [0.29, 0.717) is 22.8 Å². The Balaban J connectivity index is 2.18. The predicted molar refractivity (Wildman–Crippen MR) is 82.2 cm³/mol. The van der Waals surface area contributed by atoms with Gasteiger partial charge in [0, 0.05) is 22.8 Å². The molecule has 0 saturated carbocycles. The summed E-state index contributed by atoms with van der Waals surface area (Å²) in [7, 11) is 0. The fraction of sp³-hybridized carbons (Fsp3) is 0.267. The first-order valence-corrected chi connectivity index (χ1v) is 6.58. The molecule has 6 heteroatoms. The summed E-state index contributed by atoms with van der Waals surface area (Å²) in [5.41, 5.74) is 8.79. The van der Waals surface area contributed by atoms with Gasteiger partial charge in [-0.05, 0) is 50.6 Å². The topological polar surface area (TPSA) is 90.0 Å². The highest BCUT2D eigenvalue weighted by Crippen LogP contribution is 2.17. The van der Waals surface area contributed by atoms with Crippen LogP contribution in [-0.4, -0.2) is 15.5 Å².